The zero-order chi connectivity index (χ0) is 15.7. The minimum absolute atomic E-state index is 0.250. The highest BCUT2D eigenvalue weighted by Gasteiger charge is 2.17. The van der Waals surface area contributed by atoms with Gasteiger partial charge in [-0.25, -0.2) is 4.98 Å². The number of fused-ring (bicyclic) bond motifs is 1. The van der Waals surface area contributed by atoms with Gasteiger partial charge in [0.25, 0.3) is 5.91 Å². The number of hydrogen-bond donors (Lipinski definition) is 1. The Bertz CT molecular complexity index is 843. The smallest absolute Gasteiger partial charge is 0.287 e. The van der Waals surface area contributed by atoms with Crippen molar-refractivity contribution in [2.75, 3.05) is 0 Å². The second-order valence-corrected chi connectivity index (χ2v) is 6.17. The Hall–Kier alpha value is -1.85. The molecule has 0 fully saturated rings. The van der Waals surface area contributed by atoms with Crippen LogP contribution in [0.5, 0.6) is 0 Å². The first-order valence-electron chi connectivity index (χ1n) is 6.62. The molecule has 112 valence electrons. The molecular formula is C16H12BrClN2O2. The molecule has 3 aromatic rings. The van der Waals surface area contributed by atoms with Crippen molar-refractivity contribution in [1.29, 1.82) is 0 Å². The van der Waals surface area contributed by atoms with Crippen molar-refractivity contribution < 1.29 is 9.21 Å². The van der Waals surface area contributed by atoms with Crippen molar-refractivity contribution >= 4 is 44.4 Å². The van der Waals surface area contributed by atoms with Crippen molar-refractivity contribution in [2.24, 2.45) is 0 Å². The van der Waals surface area contributed by atoms with E-state index in [0.717, 1.165) is 21.0 Å². The lowest BCUT2D eigenvalue weighted by atomic mass is 10.1. The van der Waals surface area contributed by atoms with Crippen molar-refractivity contribution in [2.45, 2.75) is 13.5 Å². The summed E-state index contributed by atoms with van der Waals surface area (Å²) in [7, 11) is 0. The third-order valence-electron chi connectivity index (χ3n) is 3.35. The van der Waals surface area contributed by atoms with E-state index >= 15 is 0 Å². The summed E-state index contributed by atoms with van der Waals surface area (Å²) in [5.74, 6) is 0.0785. The van der Waals surface area contributed by atoms with E-state index in [1.165, 1.54) is 0 Å². The number of carbonyl (C=O) groups is 1. The van der Waals surface area contributed by atoms with Gasteiger partial charge in [-0.1, -0.05) is 33.6 Å². The molecule has 0 aliphatic rings. The molecule has 0 radical (unpaired) electrons. The third kappa shape index (κ3) is 3.00. The summed E-state index contributed by atoms with van der Waals surface area (Å²) in [4.78, 5) is 16.3. The normalized spacial score (nSPS) is 10.9. The largest absolute Gasteiger partial charge is 0.451 e. The van der Waals surface area contributed by atoms with Crippen molar-refractivity contribution in [3.8, 4) is 0 Å². The molecule has 1 aromatic carbocycles. The maximum Gasteiger partial charge on any atom is 0.287 e. The number of rotatable bonds is 3. The summed E-state index contributed by atoms with van der Waals surface area (Å²) in [5, 5.41) is 4.17. The van der Waals surface area contributed by atoms with Gasteiger partial charge in [0.15, 0.2) is 5.76 Å². The monoisotopic (exact) mass is 378 g/mol. The van der Waals surface area contributed by atoms with E-state index in [2.05, 4.69) is 26.2 Å². The van der Waals surface area contributed by atoms with E-state index in [0.29, 0.717) is 23.0 Å². The SMILES string of the molecule is Cc1c(C(=O)NCc2ccc(Cl)nc2)oc2ccc(Br)cc12. The van der Waals surface area contributed by atoms with Gasteiger partial charge in [-0.15, -0.1) is 0 Å². The number of hydrogen-bond acceptors (Lipinski definition) is 3. The topological polar surface area (TPSA) is 55.1 Å². The third-order valence-corrected chi connectivity index (χ3v) is 4.06. The number of aryl methyl sites for hydroxylation is 1. The van der Waals surface area contributed by atoms with Crippen LogP contribution in [0.1, 0.15) is 21.7 Å². The highest BCUT2D eigenvalue weighted by Crippen LogP contribution is 2.28. The van der Waals surface area contributed by atoms with Crippen LogP contribution in [-0.2, 0) is 6.54 Å². The summed E-state index contributed by atoms with van der Waals surface area (Å²) < 4.78 is 6.60. The number of nitrogens with one attached hydrogen (secondary N) is 1. The predicted octanol–water partition coefficient (Wildman–Crippen LogP) is 4.48. The molecule has 6 heteroatoms. The average molecular weight is 380 g/mol. The van der Waals surface area contributed by atoms with Gasteiger partial charge in [0.05, 0.1) is 0 Å². The molecule has 0 unspecified atom stereocenters. The number of carbonyl (C=O) groups excluding carboxylic acids is 1. The molecule has 0 saturated carbocycles. The molecule has 3 rings (SSSR count). The Morgan fingerprint density at radius 2 is 2.18 bits per heavy atom. The zero-order valence-corrected chi connectivity index (χ0v) is 14.0. The van der Waals surface area contributed by atoms with Gasteiger partial charge in [0.2, 0.25) is 0 Å². The summed E-state index contributed by atoms with van der Waals surface area (Å²) in [6.45, 7) is 2.24. The quantitative estimate of drug-likeness (QED) is 0.683. The van der Waals surface area contributed by atoms with E-state index in [1.807, 2.05) is 31.2 Å². The van der Waals surface area contributed by atoms with Crippen LogP contribution in [0.4, 0.5) is 0 Å². The molecule has 0 aliphatic carbocycles. The minimum Gasteiger partial charge on any atom is -0.451 e. The van der Waals surface area contributed by atoms with Gasteiger partial charge >= 0.3 is 0 Å². The molecule has 0 atom stereocenters. The average Bonchev–Trinajstić information content (AvgIpc) is 2.83. The van der Waals surface area contributed by atoms with Gasteiger partial charge < -0.3 is 9.73 Å². The van der Waals surface area contributed by atoms with Crippen LogP contribution >= 0.6 is 27.5 Å². The molecule has 22 heavy (non-hydrogen) atoms. The van der Waals surface area contributed by atoms with Gasteiger partial charge in [0, 0.05) is 28.2 Å². The lowest BCUT2D eigenvalue weighted by Crippen LogP contribution is -2.23. The van der Waals surface area contributed by atoms with Gasteiger partial charge in [-0.05, 0) is 36.8 Å². The van der Waals surface area contributed by atoms with Crippen LogP contribution in [-0.4, -0.2) is 10.9 Å². The maximum absolute atomic E-state index is 12.3. The van der Waals surface area contributed by atoms with E-state index in [9.17, 15) is 4.79 Å². The van der Waals surface area contributed by atoms with Crippen LogP contribution in [0, 0.1) is 6.92 Å². The van der Waals surface area contributed by atoms with Crippen molar-refractivity contribution in [3.05, 3.63) is 63.0 Å². The van der Waals surface area contributed by atoms with Gasteiger partial charge in [0.1, 0.15) is 10.7 Å². The molecule has 1 N–H and O–H groups in total. The molecule has 0 aliphatic heterocycles. The molecule has 4 nitrogen and oxygen atoms in total. The fourth-order valence-electron chi connectivity index (χ4n) is 2.18. The Balaban J connectivity index is 1.80. The molecule has 1 amide bonds. The van der Waals surface area contributed by atoms with E-state index < -0.39 is 0 Å². The maximum atomic E-state index is 12.3. The number of aromatic nitrogens is 1. The van der Waals surface area contributed by atoms with Crippen molar-refractivity contribution in [1.82, 2.24) is 10.3 Å². The van der Waals surface area contributed by atoms with Crippen LogP contribution in [0.2, 0.25) is 5.15 Å². The Kier molecular flexibility index (Phi) is 4.18. The number of nitrogens with zero attached hydrogens (tertiary/aromatic N) is 1. The Labute approximate surface area is 140 Å². The van der Waals surface area contributed by atoms with E-state index in [-0.39, 0.29) is 5.91 Å². The minimum atomic E-state index is -0.250. The Morgan fingerprint density at radius 1 is 1.36 bits per heavy atom. The number of furan rings is 1. The molecular weight excluding hydrogens is 368 g/mol. The standard InChI is InChI=1S/C16H12BrClN2O2/c1-9-12-6-11(17)3-4-13(12)22-15(9)16(21)20-8-10-2-5-14(18)19-7-10/h2-7H,8H2,1H3,(H,20,21). The summed E-state index contributed by atoms with van der Waals surface area (Å²) in [6.07, 6.45) is 1.63. The Morgan fingerprint density at radius 3 is 2.91 bits per heavy atom. The molecule has 2 heterocycles. The van der Waals surface area contributed by atoms with Gasteiger partial charge in [-0.3, -0.25) is 4.79 Å². The number of halogens is 2. The van der Waals surface area contributed by atoms with Crippen LogP contribution in [0.15, 0.2) is 45.4 Å². The van der Waals surface area contributed by atoms with Gasteiger partial charge in [-0.2, -0.15) is 0 Å². The first-order chi connectivity index (χ1) is 10.5. The highest BCUT2D eigenvalue weighted by atomic mass is 79.9. The van der Waals surface area contributed by atoms with Crippen LogP contribution < -0.4 is 5.32 Å². The summed E-state index contributed by atoms with van der Waals surface area (Å²) in [5.41, 5.74) is 2.39. The second-order valence-electron chi connectivity index (χ2n) is 4.87. The lowest BCUT2D eigenvalue weighted by Gasteiger charge is -2.03. The molecule has 0 spiro atoms. The van der Waals surface area contributed by atoms with Crippen LogP contribution in [0.25, 0.3) is 11.0 Å². The van der Waals surface area contributed by atoms with Crippen LogP contribution in [0.3, 0.4) is 0 Å². The van der Waals surface area contributed by atoms with Crippen molar-refractivity contribution in [3.63, 3.8) is 0 Å². The number of benzene rings is 1. The fraction of sp³-hybridized carbons (Fsp3) is 0.125. The lowest BCUT2D eigenvalue weighted by molar-refractivity contribution is 0.0924. The first kappa shape index (κ1) is 15.1. The summed E-state index contributed by atoms with van der Waals surface area (Å²) >= 11 is 9.15. The van der Waals surface area contributed by atoms with E-state index in [4.69, 9.17) is 16.0 Å². The molecule has 0 bridgehead atoms. The number of pyridine rings is 1. The van der Waals surface area contributed by atoms with E-state index in [1.54, 1.807) is 12.3 Å². The second kappa shape index (κ2) is 6.10. The first-order valence-corrected chi connectivity index (χ1v) is 7.79. The highest BCUT2D eigenvalue weighted by molar-refractivity contribution is 9.10. The molecule has 2 aromatic heterocycles. The molecule has 0 saturated heterocycles. The number of amides is 1. The summed E-state index contributed by atoms with van der Waals surface area (Å²) in [6, 6.07) is 9.16. The fourth-order valence-corrected chi connectivity index (χ4v) is 2.66. The zero-order valence-electron chi connectivity index (χ0n) is 11.7. The predicted molar refractivity (Wildman–Crippen MR) is 89.1 cm³/mol.